The standard InChI is InChI=1S/C17H16Cl2N2O2/c1-10-7-8-12(18)9-15(10)21-16(22)11(2)20-17(23)13-5-3-4-6-14(13)19/h3-9,11H,1-2H3,(H,20,23)(H,21,22). The van der Waals surface area contributed by atoms with Gasteiger partial charge in [-0.05, 0) is 43.7 Å². The summed E-state index contributed by atoms with van der Waals surface area (Å²) in [5.41, 5.74) is 1.82. The molecule has 6 heteroatoms. The van der Waals surface area contributed by atoms with Crippen LogP contribution < -0.4 is 10.6 Å². The van der Waals surface area contributed by atoms with Crippen LogP contribution in [-0.4, -0.2) is 17.9 Å². The Labute approximate surface area is 144 Å². The lowest BCUT2D eigenvalue weighted by Crippen LogP contribution is -2.41. The molecule has 120 valence electrons. The number of halogens is 2. The van der Waals surface area contributed by atoms with Crippen molar-refractivity contribution in [1.29, 1.82) is 0 Å². The molecule has 0 fully saturated rings. The number of amides is 2. The molecule has 1 atom stereocenters. The lowest BCUT2D eigenvalue weighted by atomic mass is 10.1. The van der Waals surface area contributed by atoms with Crippen LogP contribution >= 0.6 is 23.2 Å². The maximum atomic E-state index is 12.2. The molecule has 0 aliphatic rings. The molecule has 2 amide bonds. The lowest BCUT2D eigenvalue weighted by molar-refractivity contribution is -0.117. The number of rotatable bonds is 4. The minimum Gasteiger partial charge on any atom is -0.340 e. The molecule has 2 rings (SSSR count). The van der Waals surface area contributed by atoms with E-state index in [9.17, 15) is 9.59 Å². The van der Waals surface area contributed by atoms with Crippen LogP contribution in [0.15, 0.2) is 42.5 Å². The fraction of sp³-hybridized carbons (Fsp3) is 0.176. The number of carbonyl (C=O) groups is 2. The topological polar surface area (TPSA) is 58.2 Å². The van der Waals surface area contributed by atoms with Crippen LogP contribution in [0.2, 0.25) is 10.0 Å². The number of carbonyl (C=O) groups excluding carboxylic acids is 2. The third kappa shape index (κ3) is 4.47. The molecule has 2 aromatic rings. The van der Waals surface area contributed by atoms with E-state index in [0.717, 1.165) is 5.56 Å². The fourth-order valence-corrected chi connectivity index (χ4v) is 2.35. The zero-order chi connectivity index (χ0) is 17.0. The normalized spacial score (nSPS) is 11.7. The largest absolute Gasteiger partial charge is 0.340 e. The van der Waals surface area contributed by atoms with Crippen LogP contribution in [0.5, 0.6) is 0 Å². The Balaban J connectivity index is 2.04. The Morgan fingerprint density at radius 3 is 2.48 bits per heavy atom. The second-order valence-corrected chi connectivity index (χ2v) is 5.97. The summed E-state index contributed by atoms with van der Waals surface area (Å²) >= 11 is 11.9. The molecule has 0 radical (unpaired) electrons. The van der Waals surface area contributed by atoms with Gasteiger partial charge in [0, 0.05) is 10.7 Å². The van der Waals surface area contributed by atoms with E-state index in [-0.39, 0.29) is 5.91 Å². The monoisotopic (exact) mass is 350 g/mol. The van der Waals surface area contributed by atoms with Gasteiger partial charge >= 0.3 is 0 Å². The molecule has 0 saturated carbocycles. The molecule has 0 bridgehead atoms. The molecule has 2 aromatic carbocycles. The first kappa shape index (κ1) is 17.3. The Morgan fingerprint density at radius 2 is 1.78 bits per heavy atom. The summed E-state index contributed by atoms with van der Waals surface area (Å²) in [6.07, 6.45) is 0. The van der Waals surface area contributed by atoms with E-state index in [1.54, 1.807) is 43.3 Å². The smallest absolute Gasteiger partial charge is 0.253 e. The number of nitrogens with one attached hydrogen (secondary N) is 2. The first-order valence-corrected chi connectivity index (χ1v) is 7.76. The third-order valence-electron chi connectivity index (χ3n) is 3.32. The third-order valence-corrected chi connectivity index (χ3v) is 3.88. The first-order valence-electron chi connectivity index (χ1n) is 7.01. The van der Waals surface area contributed by atoms with Crippen LogP contribution in [0, 0.1) is 6.92 Å². The van der Waals surface area contributed by atoms with Crippen molar-refractivity contribution in [1.82, 2.24) is 5.32 Å². The highest BCUT2D eigenvalue weighted by atomic mass is 35.5. The van der Waals surface area contributed by atoms with Gasteiger partial charge in [-0.1, -0.05) is 41.4 Å². The summed E-state index contributed by atoms with van der Waals surface area (Å²) in [5, 5.41) is 6.24. The quantitative estimate of drug-likeness (QED) is 0.873. The van der Waals surface area contributed by atoms with Crippen molar-refractivity contribution in [3.05, 3.63) is 63.6 Å². The molecule has 1 unspecified atom stereocenters. The number of hydrogen-bond donors (Lipinski definition) is 2. The molecule has 0 spiro atoms. The molecule has 0 aliphatic carbocycles. The maximum absolute atomic E-state index is 12.2. The SMILES string of the molecule is Cc1ccc(Cl)cc1NC(=O)C(C)NC(=O)c1ccccc1Cl. The highest BCUT2D eigenvalue weighted by molar-refractivity contribution is 6.33. The second-order valence-electron chi connectivity index (χ2n) is 5.12. The van der Waals surface area contributed by atoms with Crippen molar-refractivity contribution in [3.63, 3.8) is 0 Å². The van der Waals surface area contributed by atoms with Crippen LogP contribution in [0.25, 0.3) is 0 Å². The maximum Gasteiger partial charge on any atom is 0.253 e. The van der Waals surface area contributed by atoms with Gasteiger partial charge in [-0.15, -0.1) is 0 Å². The zero-order valence-electron chi connectivity index (χ0n) is 12.7. The highest BCUT2D eigenvalue weighted by Gasteiger charge is 2.18. The van der Waals surface area contributed by atoms with Crippen molar-refractivity contribution in [2.24, 2.45) is 0 Å². The Morgan fingerprint density at radius 1 is 1.09 bits per heavy atom. The van der Waals surface area contributed by atoms with E-state index in [4.69, 9.17) is 23.2 Å². The average molecular weight is 351 g/mol. The number of hydrogen-bond acceptors (Lipinski definition) is 2. The molecule has 23 heavy (non-hydrogen) atoms. The number of aryl methyl sites for hydroxylation is 1. The van der Waals surface area contributed by atoms with E-state index in [0.29, 0.717) is 21.3 Å². The van der Waals surface area contributed by atoms with E-state index >= 15 is 0 Å². The molecule has 0 saturated heterocycles. The van der Waals surface area contributed by atoms with E-state index in [1.165, 1.54) is 0 Å². The van der Waals surface area contributed by atoms with Crippen molar-refractivity contribution in [2.45, 2.75) is 19.9 Å². The van der Waals surface area contributed by atoms with Crippen molar-refractivity contribution in [2.75, 3.05) is 5.32 Å². The van der Waals surface area contributed by atoms with Gasteiger partial charge in [0.2, 0.25) is 5.91 Å². The predicted octanol–water partition coefficient (Wildman–Crippen LogP) is 4.06. The Bertz CT molecular complexity index is 747. The summed E-state index contributed by atoms with van der Waals surface area (Å²) in [6, 6.07) is 11.2. The summed E-state index contributed by atoms with van der Waals surface area (Å²) in [5.74, 6) is -0.739. The van der Waals surface area contributed by atoms with E-state index in [1.807, 2.05) is 13.0 Å². The first-order chi connectivity index (χ1) is 10.9. The van der Waals surface area contributed by atoms with Crippen LogP contribution in [0.4, 0.5) is 5.69 Å². The summed E-state index contributed by atoms with van der Waals surface area (Å²) in [4.78, 5) is 24.4. The highest BCUT2D eigenvalue weighted by Crippen LogP contribution is 2.20. The fourth-order valence-electron chi connectivity index (χ4n) is 1.96. The minimum absolute atomic E-state index is 0.327. The summed E-state index contributed by atoms with van der Waals surface area (Å²) < 4.78 is 0. The molecular formula is C17H16Cl2N2O2. The van der Waals surface area contributed by atoms with Crippen LogP contribution in [0.1, 0.15) is 22.8 Å². The number of anilines is 1. The van der Waals surface area contributed by atoms with Crippen molar-refractivity contribution < 1.29 is 9.59 Å². The summed E-state index contributed by atoms with van der Waals surface area (Å²) in [6.45, 7) is 3.46. The van der Waals surface area contributed by atoms with E-state index in [2.05, 4.69) is 10.6 Å². The number of benzene rings is 2. The lowest BCUT2D eigenvalue weighted by Gasteiger charge is -2.16. The van der Waals surface area contributed by atoms with Gasteiger partial charge in [0.05, 0.1) is 10.6 Å². The molecule has 4 nitrogen and oxygen atoms in total. The van der Waals surface area contributed by atoms with Crippen molar-refractivity contribution >= 4 is 40.7 Å². The predicted molar refractivity (Wildman–Crippen MR) is 93.2 cm³/mol. The van der Waals surface area contributed by atoms with Gasteiger partial charge in [0.1, 0.15) is 6.04 Å². The van der Waals surface area contributed by atoms with Gasteiger partial charge in [-0.25, -0.2) is 0 Å². The average Bonchev–Trinajstić information content (AvgIpc) is 2.51. The Kier molecular flexibility index (Phi) is 5.64. The molecule has 0 aromatic heterocycles. The summed E-state index contributed by atoms with van der Waals surface area (Å²) in [7, 11) is 0. The van der Waals surface area contributed by atoms with Gasteiger partial charge in [0.15, 0.2) is 0 Å². The van der Waals surface area contributed by atoms with Gasteiger partial charge < -0.3 is 10.6 Å². The van der Waals surface area contributed by atoms with Gasteiger partial charge in [-0.3, -0.25) is 9.59 Å². The molecule has 2 N–H and O–H groups in total. The molecular weight excluding hydrogens is 335 g/mol. The van der Waals surface area contributed by atoms with Gasteiger partial charge in [0.25, 0.3) is 5.91 Å². The molecule has 0 aliphatic heterocycles. The zero-order valence-corrected chi connectivity index (χ0v) is 14.2. The van der Waals surface area contributed by atoms with E-state index < -0.39 is 11.9 Å². The van der Waals surface area contributed by atoms with Crippen LogP contribution in [0.3, 0.4) is 0 Å². The second kappa shape index (κ2) is 7.49. The minimum atomic E-state index is -0.725. The Hall–Kier alpha value is -2.04. The molecule has 0 heterocycles. The van der Waals surface area contributed by atoms with Crippen LogP contribution in [-0.2, 0) is 4.79 Å². The van der Waals surface area contributed by atoms with Gasteiger partial charge in [-0.2, -0.15) is 0 Å². The van der Waals surface area contributed by atoms with Crippen molar-refractivity contribution in [3.8, 4) is 0 Å².